The molecule has 8 nitrogen and oxygen atoms in total. The van der Waals surface area contributed by atoms with Crippen LogP contribution in [0.5, 0.6) is 11.5 Å². The first-order valence-electron chi connectivity index (χ1n) is 10.1. The molecule has 0 saturated carbocycles. The quantitative estimate of drug-likeness (QED) is 0.624. The summed E-state index contributed by atoms with van der Waals surface area (Å²) in [5.74, 6) is 1.67. The van der Waals surface area contributed by atoms with Crippen molar-refractivity contribution in [1.82, 2.24) is 10.2 Å². The van der Waals surface area contributed by atoms with E-state index in [1.54, 1.807) is 36.3 Å². The minimum Gasteiger partial charge on any atom is -0.493 e. The van der Waals surface area contributed by atoms with Crippen molar-refractivity contribution >= 4 is 11.8 Å². The summed E-state index contributed by atoms with van der Waals surface area (Å²) in [7, 11) is 1.58. The number of hydrogen-bond donors (Lipinski definition) is 1. The summed E-state index contributed by atoms with van der Waals surface area (Å²) in [6.45, 7) is 1.33. The zero-order chi connectivity index (χ0) is 21.6. The molecule has 3 heterocycles. The number of furan rings is 2. The van der Waals surface area contributed by atoms with E-state index < -0.39 is 0 Å². The van der Waals surface area contributed by atoms with E-state index in [4.69, 9.17) is 18.3 Å². The maximum atomic E-state index is 12.5. The van der Waals surface area contributed by atoms with Gasteiger partial charge in [-0.05, 0) is 43.2 Å². The van der Waals surface area contributed by atoms with Gasteiger partial charge in [0.25, 0.3) is 11.8 Å². The Balaban J connectivity index is 1.26. The fraction of sp³-hybridized carbons (Fsp3) is 0.304. The molecule has 1 aromatic carbocycles. The van der Waals surface area contributed by atoms with Gasteiger partial charge in [0.1, 0.15) is 18.6 Å². The highest BCUT2D eigenvalue weighted by Crippen LogP contribution is 2.27. The summed E-state index contributed by atoms with van der Waals surface area (Å²) in [6.07, 6.45) is 4.29. The highest BCUT2D eigenvalue weighted by atomic mass is 16.5. The number of rotatable bonds is 7. The molecule has 0 spiro atoms. The molecule has 8 heteroatoms. The molecule has 1 aliphatic rings. The van der Waals surface area contributed by atoms with Crippen molar-refractivity contribution in [2.24, 2.45) is 0 Å². The summed E-state index contributed by atoms with van der Waals surface area (Å²) < 4.78 is 21.6. The van der Waals surface area contributed by atoms with Gasteiger partial charge in [-0.2, -0.15) is 0 Å². The number of carbonyl (C=O) groups is 2. The lowest BCUT2D eigenvalue weighted by Gasteiger charge is -2.32. The highest BCUT2D eigenvalue weighted by molar-refractivity contribution is 5.94. The molecule has 1 N–H and O–H groups in total. The largest absolute Gasteiger partial charge is 0.493 e. The second kappa shape index (κ2) is 9.42. The van der Waals surface area contributed by atoms with Crippen LogP contribution in [0.15, 0.2) is 63.8 Å². The van der Waals surface area contributed by atoms with Gasteiger partial charge in [0, 0.05) is 19.1 Å². The van der Waals surface area contributed by atoms with Crippen LogP contribution < -0.4 is 14.8 Å². The fourth-order valence-electron chi connectivity index (χ4n) is 3.52. The molecule has 4 rings (SSSR count). The molecule has 0 radical (unpaired) electrons. The zero-order valence-corrected chi connectivity index (χ0v) is 17.2. The first-order chi connectivity index (χ1) is 15.1. The van der Waals surface area contributed by atoms with Gasteiger partial charge in [0.2, 0.25) is 0 Å². The summed E-state index contributed by atoms with van der Waals surface area (Å²) >= 11 is 0. The average Bonchev–Trinajstić information content (AvgIpc) is 3.50. The monoisotopic (exact) mass is 424 g/mol. The number of hydrogen-bond acceptors (Lipinski definition) is 6. The zero-order valence-electron chi connectivity index (χ0n) is 17.2. The molecule has 1 aliphatic heterocycles. The molecule has 2 aromatic heterocycles. The molecule has 2 amide bonds. The minimum atomic E-state index is -0.275. The van der Waals surface area contributed by atoms with E-state index in [9.17, 15) is 9.59 Å². The first-order valence-corrected chi connectivity index (χ1v) is 10.1. The van der Waals surface area contributed by atoms with Gasteiger partial charge in [-0.15, -0.1) is 0 Å². The molecule has 1 saturated heterocycles. The van der Waals surface area contributed by atoms with E-state index in [0.29, 0.717) is 48.8 Å². The predicted molar refractivity (Wildman–Crippen MR) is 111 cm³/mol. The Morgan fingerprint density at radius 3 is 2.58 bits per heavy atom. The summed E-state index contributed by atoms with van der Waals surface area (Å²) in [6, 6.07) is 12.3. The molecular weight excluding hydrogens is 400 g/mol. The molecule has 0 aliphatic carbocycles. The molecular formula is C23H24N2O6. The summed E-state index contributed by atoms with van der Waals surface area (Å²) in [5.41, 5.74) is 0.543. The Labute approximate surface area is 179 Å². The van der Waals surface area contributed by atoms with Gasteiger partial charge < -0.3 is 28.5 Å². The Morgan fingerprint density at radius 1 is 1.10 bits per heavy atom. The van der Waals surface area contributed by atoms with Crippen LogP contribution in [-0.2, 0) is 6.61 Å². The third-order valence-electron chi connectivity index (χ3n) is 5.21. The molecule has 162 valence electrons. The summed E-state index contributed by atoms with van der Waals surface area (Å²) in [5, 5.41) is 2.98. The van der Waals surface area contributed by atoms with Crippen LogP contribution in [0.4, 0.5) is 0 Å². The van der Waals surface area contributed by atoms with E-state index in [2.05, 4.69) is 5.32 Å². The van der Waals surface area contributed by atoms with E-state index in [0.717, 1.165) is 0 Å². The lowest BCUT2D eigenvalue weighted by Crippen LogP contribution is -2.46. The van der Waals surface area contributed by atoms with Gasteiger partial charge in [-0.25, -0.2) is 0 Å². The SMILES string of the molecule is COc1ccccc1OCc1ccc(C(=O)NC2CCN(C(=O)c3ccoc3)CC2)o1. The first kappa shape index (κ1) is 20.6. The Morgan fingerprint density at radius 2 is 1.87 bits per heavy atom. The number of ether oxygens (including phenoxy) is 2. The normalized spacial score (nSPS) is 14.3. The molecule has 3 aromatic rings. The topological polar surface area (TPSA) is 94.2 Å². The maximum Gasteiger partial charge on any atom is 0.287 e. The molecule has 1 fully saturated rings. The van der Waals surface area contributed by atoms with Gasteiger partial charge in [0.15, 0.2) is 17.3 Å². The van der Waals surface area contributed by atoms with Crippen molar-refractivity contribution in [2.45, 2.75) is 25.5 Å². The minimum absolute atomic E-state index is 0.0146. The van der Waals surface area contributed by atoms with E-state index in [1.807, 2.05) is 18.2 Å². The van der Waals surface area contributed by atoms with Crippen LogP contribution in [0.25, 0.3) is 0 Å². The van der Waals surface area contributed by atoms with Crippen LogP contribution in [0, 0.1) is 0 Å². The van der Waals surface area contributed by atoms with Crippen LogP contribution in [-0.4, -0.2) is 43.0 Å². The Bertz CT molecular complexity index is 1020. The smallest absolute Gasteiger partial charge is 0.287 e. The molecule has 0 atom stereocenters. The van der Waals surface area contributed by atoms with E-state index in [-0.39, 0.29) is 30.2 Å². The van der Waals surface area contributed by atoms with Gasteiger partial charge in [-0.1, -0.05) is 12.1 Å². The third-order valence-corrected chi connectivity index (χ3v) is 5.21. The molecule has 31 heavy (non-hydrogen) atoms. The molecule has 0 unspecified atom stereocenters. The van der Waals surface area contributed by atoms with Crippen LogP contribution in [0.3, 0.4) is 0 Å². The number of nitrogens with one attached hydrogen (secondary N) is 1. The highest BCUT2D eigenvalue weighted by Gasteiger charge is 2.26. The average molecular weight is 424 g/mol. The Hall–Kier alpha value is -3.68. The third kappa shape index (κ3) is 4.91. The van der Waals surface area contributed by atoms with Crippen LogP contribution in [0.2, 0.25) is 0 Å². The number of amides is 2. The summed E-state index contributed by atoms with van der Waals surface area (Å²) in [4.78, 5) is 26.7. The Kier molecular flexibility index (Phi) is 6.26. The van der Waals surface area contributed by atoms with Crippen molar-refractivity contribution in [3.8, 4) is 11.5 Å². The predicted octanol–water partition coefficient (Wildman–Crippen LogP) is 3.49. The fourth-order valence-corrected chi connectivity index (χ4v) is 3.52. The number of likely N-dealkylation sites (tertiary alicyclic amines) is 1. The van der Waals surface area contributed by atoms with Crippen molar-refractivity contribution < 1.29 is 27.9 Å². The van der Waals surface area contributed by atoms with Crippen molar-refractivity contribution in [2.75, 3.05) is 20.2 Å². The van der Waals surface area contributed by atoms with E-state index >= 15 is 0 Å². The number of carbonyl (C=O) groups excluding carboxylic acids is 2. The van der Waals surface area contributed by atoms with Crippen molar-refractivity contribution in [3.05, 3.63) is 72.1 Å². The van der Waals surface area contributed by atoms with Crippen LogP contribution >= 0.6 is 0 Å². The number of para-hydroxylation sites is 2. The van der Waals surface area contributed by atoms with Crippen LogP contribution in [0.1, 0.15) is 39.5 Å². The van der Waals surface area contributed by atoms with Crippen molar-refractivity contribution in [1.29, 1.82) is 0 Å². The second-order valence-corrected chi connectivity index (χ2v) is 7.26. The van der Waals surface area contributed by atoms with Gasteiger partial charge in [0.05, 0.1) is 18.9 Å². The second-order valence-electron chi connectivity index (χ2n) is 7.26. The molecule has 0 bridgehead atoms. The van der Waals surface area contributed by atoms with Gasteiger partial charge >= 0.3 is 0 Å². The lowest BCUT2D eigenvalue weighted by atomic mass is 10.0. The maximum absolute atomic E-state index is 12.5. The van der Waals surface area contributed by atoms with E-state index in [1.165, 1.54) is 12.5 Å². The number of methoxy groups -OCH3 is 1. The van der Waals surface area contributed by atoms with Crippen molar-refractivity contribution in [3.63, 3.8) is 0 Å². The standard InChI is InChI=1S/C23H24N2O6/c1-28-19-4-2-3-5-20(19)30-15-18-6-7-21(31-18)22(26)24-17-8-11-25(12-9-17)23(27)16-10-13-29-14-16/h2-7,10,13-14,17H,8-9,11-12,15H2,1H3,(H,24,26). The number of nitrogens with zero attached hydrogens (tertiary/aromatic N) is 1. The lowest BCUT2D eigenvalue weighted by molar-refractivity contribution is 0.0694. The number of benzene rings is 1. The number of piperidine rings is 1. The van der Waals surface area contributed by atoms with Gasteiger partial charge in [-0.3, -0.25) is 9.59 Å².